The standard InChI is InChI=1S/C15H17ClN6O/c1-20-9-11(16)7-12(20)10-21(2)15(23)17-8-14-19-18-13-5-3-4-6-22(13)14/h3-7,9H,8,10H2,1-2H3,(H,17,23). The molecule has 0 saturated carbocycles. The Morgan fingerprint density at radius 1 is 1.39 bits per heavy atom. The number of pyridine rings is 1. The molecular weight excluding hydrogens is 316 g/mol. The third-order valence-corrected chi connectivity index (χ3v) is 3.81. The number of halogens is 1. The van der Waals surface area contributed by atoms with Crippen LogP contribution < -0.4 is 5.32 Å². The molecule has 7 nitrogen and oxygen atoms in total. The van der Waals surface area contributed by atoms with Crippen molar-refractivity contribution in [2.45, 2.75) is 13.1 Å². The van der Waals surface area contributed by atoms with E-state index in [1.165, 1.54) is 0 Å². The molecule has 3 heterocycles. The van der Waals surface area contributed by atoms with Crippen LogP contribution >= 0.6 is 11.6 Å². The van der Waals surface area contributed by atoms with Crippen LogP contribution in [0.1, 0.15) is 11.5 Å². The second-order valence-corrected chi connectivity index (χ2v) is 5.76. The number of aromatic nitrogens is 4. The summed E-state index contributed by atoms with van der Waals surface area (Å²) < 4.78 is 3.75. The van der Waals surface area contributed by atoms with Crippen molar-refractivity contribution in [3.05, 3.63) is 53.2 Å². The Bertz CT molecular complexity index is 839. The normalized spacial score (nSPS) is 10.9. The molecule has 0 aromatic carbocycles. The van der Waals surface area contributed by atoms with Crippen molar-refractivity contribution < 1.29 is 4.79 Å². The number of nitrogens with zero attached hydrogens (tertiary/aromatic N) is 5. The molecule has 0 atom stereocenters. The van der Waals surface area contributed by atoms with Crippen molar-refractivity contribution in [1.29, 1.82) is 0 Å². The molecule has 0 unspecified atom stereocenters. The van der Waals surface area contributed by atoms with Crippen molar-refractivity contribution >= 4 is 23.3 Å². The molecule has 0 spiro atoms. The summed E-state index contributed by atoms with van der Waals surface area (Å²) in [5.41, 5.74) is 1.71. The van der Waals surface area contributed by atoms with Gasteiger partial charge in [-0.15, -0.1) is 10.2 Å². The number of carbonyl (C=O) groups is 1. The number of aryl methyl sites for hydroxylation is 1. The molecule has 0 radical (unpaired) electrons. The average molecular weight is 333 g/mol. The zero-order valence-electron chi connectivity index (χ0n) is 12.9. The van der Waals surface area contributed by atoms with Crippen LogP contribution in [-0.2, 0) is 20.1 Å². The lowest BCUT2D eigenvalue weighted by atomic mass is 10.4. The molecule has 8 heteroatoms. The minimum Gasteiger partial charge on any atom is -0.351 e. The van der Waals surface area contributed by atoms with E-state index < -0.39 is 0 Å². The van der Waals surface area contributed by atoms with Crippen molar-refractivity contribution in [1.82, 2.24) is 29.4 Å². The van der Waals surface area contributed by atoms with Gasteiger partial charge in [0.1, 0.15) is 0 Å². The van der Waals surface area contributed by atoms with E-state index in [0.29, 0.717) is 23.9 Å². The topological polar surface area (TPSA) is 67.5 Å². The summed E-state index contributed by atoms with van der Waals surface area (Å²) in [6.45, 7) is 0.776. The first kappa shape index (κ1) is 15.4. The van der Waals surface area contributed by atoms with Crippen LogP contribution in [0.5, 0.6) is 0 Å². The molecule has 0 bridgehead atoms. The fourth-order valence-corrected chi connectivity index (χ4v) is 2.61. The molecule has 3 aromatic heterocycles. The first-order chi connectivity index (χ1) is 11.0. The Balaban J connectivity index is 1.61. The maximum atomic E-state index is 12.2. The van der Waals surface area contributed by atoms with Gasteiger partial charge in [0.25, 0.3) is 0 Å². The molecule has 0 fully saturated rings. The Hall–Kier alpha value is -2.54. The SMILES string of the molecule is CN(Cc1cc(Cl)cn1C)C(=O)NCc1nnc2ccccn12. The van der Waals surface area contributed by atoms with Gasteiger partial charge in [-0.25, -0.2) is 4.79 Å². The van der Waals surface area contributed by atoms with Crippen molar-refractivity contribution in [3.8, 4) is 0 Å². The van der Waals surface area contributed by atoms with Crippen LogP contribution in [0.2, 0.25) is 5.02 Å². The lowest BCUT2D eigenvalue weighted by Gasteiger charge is -2.18. The number of amides is 2. The van der Waals surface area contributed by atoms with E-state index in [-0.39, 0.29) is 6.03 Å². The smallest absolute Gasteiger partial charge is 0.317 e. The number of hydrogen-bond acceptors (Lipinski definition) is 3. The van der Waals surface area contributed by atoms with Gasteiger partial charge in [0.2, 0.25) is 0 Å². The monoisotopic (exact) mass is 332 g/mol. The molecule has 120 valence electrons. The van der Waals surface area contributed by atoms with Crippen LogP contribution in [0.25, 0.3) is 5.65 Å². The van der Waals surface area contributed by atoms with Crippen LogP contribution in [0.3, 0.4) is 0 Å². The van der Waals surface area contributed by atoms with E-state index in [1.54, 1.807) is 11.9 Å². The van der Waals surface area contributed by atoms with Gasteiger partial charge >= 0.3 is 6.03 Å². The zero-order chi connectivity index (χ0) is 16.4. The maximum absolute atomic E-state index is 12.2. The van der Waals surface area contributed by atoms with Crippen LogP contribution in [0.4, 0.5) is 4.79 Å². The van der Waals surface area contributed by atoms with Crippen molar-refractivity contribution in [3.63, 3.8) is 0 Å². The van der Waals surface area contributed by atoms with Gasteiger partial charge in [0.15, 0.2) is 11.5 Å². The number of carbonyl (C=O) groups excluding carboxylic acids is 1. The van der Waals surface area contributed by atoms with Gasteiger partial charge in [-0.1, -0.05) is 17.7 Å². The second-order valence-electron chi connectivity index (χ2n) is 5.32. The first-order valence-electron chi connectivity index (χ1n) is 7.13. The lowest BCUT2D eigenvalue weighted by molar-refractivity contribution is 0.205. The fraction of sp³-hybridized carbons (Fsp3) is 0.267. The molecular formula is C15H17ClN6O. The molecule has 1 N–H and O–H groups in total. The third kappa shape index (κ3) is 3.29. The molecule has 3 rings (SSSR count). The number of rotatable bonds is 4. The second kappa shape index (κ2) is 6.29. The van der Waals surface area contributed by atoms with Gasteiger partial charge < -0.3 is 14.8 Å². The van der Waals surface area contributed by atoms with E-state index in [1.807, 2.05) is 52.7 Å². The summed E-state index contributed by atoms with van der Waals surface area (Å²) in [7, 11) is 3.63. The summed E-state index contributed by atoms with van der Waals surface area (Å²) in [6.07, 6.45) is 3.68. The van der Waals surface area contributed by atoms with Crippen molar-refractivity contribution in [2.75, 3.05) is 7.05 Å². The molecule has 0 aliphatic carbocycles. The number of fused-ring (bicyclic) bond motifs is 1. The Labute approximate surface area is 138 Å². The molecule has 0 saturated heterocycles. The fourth-order valence-electron chi connectivity index (χ4n) is 2.34. The van der Waals surface area contributed by atoms with Crippen LogP contribution in [0.15, 0.2) is 36.7 Å². The van der Waals surface area contributed by atoms with Crippen LogP contribution in [0, 0.1) is 0 Å². The lowest BCUT2D eigenvalue weighted by Crippen LogP contribution is -2.37. The summed E-state index contributed by atoms with van der Waals surface area (Å²) in [5.74, 6) is 0.685. The van der Waals surface area contributed by atoms with Crippen molar-refractivity contribution in [2.24, 2.45) is 7.05 Å². The van der Waals surface area contributed by atoms with E-state index >= 15 is 0 Å². The van der Waals surface area contributed by atoms with E-state index in [9.17, 15) is 4.79 Å². The summed E-state index contributed by atoms with van der Waals surface area (Å²) >= 11 is 5.96. The molecule has 0 aliphatic rings. The highest BCUT2D eigenvalue weighted by Gasteiger charge is 2.13. The highest BCUT2D eigenvalue weighted by Crippen LogP contribution is 2.14. The highest BCUT2D eigenvalue weighted by molar-refractivity contribution is 6.30. The largest absolute Gasteiger partial charge is 0.351 e. The molecule has 23 heavy (non-hydrogen) atoms. The number of hydrogen-bond donors (Lipinski definition) is 1. The van der Waals surface area contributed by atoms with Gasteiger partial charge in [-0.2, -0.15) is 0 Å². The Kier molecular flexibility index (Phi) is 4.20. The maximum Gasteiger partial charge on any atom is 0.317 e. The quantitative estimate of drug-likeness (QED) is 0.795. The minimum absolute atomic E-state index is 0.185. The Morgan fingerprint density at radius 2 is 2.22 bits per heavy atom. The predicted molar refractivity (Wildman–Crippen MR) is 87.1 cm³/mol. The van der Waals surface area contributed by atoms with Gasteiger partial charge in [-0.3, -0.25) is 4.40 Å². The van der Waals surface area contributed by atoms with Gasteiger partial charge in [-0.05, 0) is 18.2 Å². The zero-order valence-corrected chi connectivity index (χ0v) is 13.7. The van der Waals surface area contributed by atoms with E-state index in [2.05, 4.69) is 15.5 Å². The summed E-state index contributed by atoms with van der Waals surface area (Å²) in [6, 6.07) is 7.31. The highest BCUT2D eigenvalue weighted by atomic mass is 35.5. The summed E-state index contributed by atoms with van der Waals surface area (Å²) in [5, 5.41) is 11.6. The van der Waals surface area contributed by atoms with Crippen LogP contribution in [-0.4, -0.2) is 37.1 Å². The average Bonchev–Trinajstić information content (AvgIpc) is 3.08. The first-order valence-corrected chi connectivity index (χ1v) is 7.51. The third-order valence-electron chi connectivity index (χ3n) is 3.60. The minimum atomic E-state index is -0.185. The van der Waals surface area contributed by atoms with Gasteiger partial charge in [0.05, 0.1) is 18.1 Å². The predicted octanol–water partition coefficient (Wildman–Crippen LogP) is 2.06. The van der Waals surface area contributed by atoms with Gasteiger partial charge in [0, 0.05) is 32.2 Å². The van der Waals surface area contributed by atoms with E-state index in [0.717, 1.165) is 11.3 Å². The Morgan fingerprint density at radius 3 is 2.96 bits per heavy atom. The molecule has 2 amide bonds. The molecule has 0 aliphatic heterocycles. The number of nitrogens with one attached hydrogen (secondary N) is 1. The molecule has 3 aromatic rings. The van der Waals surface area contributed by atoms with E-state index in [4.69, 9.17) is 11.6 Å². The summed E-state index contributed by atoms with van der Waals surface area (Å²) in [4.78, 5) is 13.8. The number of urea groups is 1.